The average molecular weight is 611 g/mol. The molecule has 0 N–H and O–H groups in total. The monoisotopic (exact) mass is 610 g/mol. The third kappa shape index (κ3) is 10.7. The van der Waals surface area contributed by atoms with Crippen molar-refractivity contribution in [3.05, 3.63) is 35.9 Å². The normalized spacial score (nSPS) is 22.5. The predicted molar refractivity (Wildman–Crippen MR) is 139 cm³/mol. The smallest absolute Gasteiger partial charge is 0.380 e. The zero-order valence-corrected chi connectivity index (χ0v) is 24.5. The number of rotatable bonds is 12. The molecule has 1 aliphatic rings. The summed E-state index contributed by atoms with van der Waals surface area (Å²) in [6, 6.07) is 8.44. The van der Waals surface area contributed by atoms with E-state index in [1.165, 1.54) is 0 Å². The van der Waals surface area contributed by atoms with E-state index in [9.17, 15) is 33.6 Å². The Balaban J connectivity index is 2.71. The maximum atomic E-state index is 13.6. The van der Waals surface area contributed by atoms with Crippen molar-refractivity contribution in [3.8, 4) is 0 Å². The van der Waals surface area contributed by atoms with Crippen molar-refractivity contribution in [2.45, 2.75) is 90.9 Å². The molecule has 1 aromatic carbocycles. The number of carbonyl (C=O) groups is 7. The molecule has 0 saturated carbocycles. The van der Waals surface area contributed by atoms with Crippen molar-refractivity contribution in [3.63, 3.8) is 0 Å². The molecular weight excluding hydrogens is 576 g/mol. The number of ether oxygens (including phenoxy) is 8. The van der Waals surface area contributed by atoms with Crippen LogP contribution in [0.4, 0.5) is 0 Å². The second-order valence-electron chi connectivity index (χ2n) is 9.44. The molecule has 0 radical (unpaired) electrons. The number of carbonyl (C=O) groups excluding carboxylic acids is 7. The average Bonchev–Trinajstić information content (AvgIpc) is 2.89. The van der Waals surface area contributed by atoms with Gasteiger partial charge in [-0.05, 0) is 5.56 Å². The van der Waals surface area contributed by atoms with Gasteiger partial charge < -0.3 is 37.9 Å². The summed E-state index contributed by atoms with van der Waals surface area (Å²) >= 11 is 0. The van der Waals surface area contributed by atoms with Crippen LogP contribution in [0.2, 0.25) is 0 Å². The first-order valence-corrected chi connectivity index (χ1v) is 13.0. The van der Waals surface area contributed by atoms with E-state index in [1.54, 1.807) is 30.3 Å². The van der Waals surface area contributed by atoms with E-state index >= 15 is 0 Å². The van der Waals surface area contributed by atoms with Crippen molar-refractivity contribution < 1.29 is 71.5 Å². The number of esters is 7. The van der Waals surface area contributed by atoms with E-state index in [1.807, 2.05) is 0 Å². The highest BCUT2D eigenvalue weighted by molar-refractivity contribution is 5.82. The van der Waals surface area contributed by atoms with Gasteiger partial charge in [0.05, 0.1) is 6.42 Å². The van der Waals surface area contributed by atoms with Gasteiger partial charge in [0.2, 0.25) is 0 Å². The van der Waals surface area contributed by atoms with E-state index in [0.29, 0.717) is 5.56 Å². The van der Waals surface area contributed by atoms with Crippen LogP contribution >= 0.6 is 0 Å². The molecule has 1 heterocycles. The van der Waals surface area contributed by atoms with Gasteiger partial charge in [-0.25, -0.2) is 4.79 Å². The Hall–Kier alpha value is -4.53. The van der Waals surface area contributed by atoms with Gasteiger partial charge in [-0.3, -0.25) is 28.8 Å². The fourth-order valence-electron chi connectivity index (χ4n) is 4.30. The molecule has 0 aliphatic carbocycles. The summed E-state index contributed by atoms with van der Waals surface area (Å²) in [5.74, 6) is -9.39. The van der Waals surface area contributed by atoms with Gasteiger partial charge in [0, 0.05) is 41.5 Å². The molecule has 0 amide bonds. The minimum absolute atomic E-state index is 0.293. The topological polar surface area (TPSA) is 193 Å². The maximum Gasteiger partial charge on any atom is 0.380 e. The quantitative estimate of drug-likeness (QED) is 0.241. The summed E-state index contributed by atoms with van der Waals surface area (Å²) < 4.78 is 43.1. The van der Waals surface area contributed by atoms with Gasteiger partial charge >= 0.3 is 47.6 Å². The third-order valence-corrected chi connectivity index (χ3v) is 5.70. The molecule has 0 aromatic heterocycles. The van der Waals surface area contributed by atoms with Crippen LogP contribution in [0.25, 0.3) is 0 Å². The van der Waals surface area contributed by atoms with Crippen molar-refractivity contribution in [2.75, 3.05) is 6.61 Å². The molecule has 43 heavy (non-hydrogen) atoms. The molecule has 15 nitrogen and oxygen atoms in total. The summed E-state index contributed by atoms with van der Waals surface area (Å²) in [6.07, 6.45) is -9.15. The lowest BCUT2D eigenvalue weighted by Gasteiger charge is -2.47. The lowest BCUT2D eigenvalue weighted by atomic mass is 9.89. The zero-order chi connectivity index (χ0) is 32.3. The minimum atomic E-state index is -2.65. The largest absolute Gasteiger partial charge is 0.462 e. The third-order valence-electron chi connectivity index (χ3n) is 5.70. The Labute approximate surface area is 246 Å². The summed E-state index contributed by atoms with van der Waals surface area (Å²) in [7, 11) is 0. The first-order valence-electron chi connectivity index (χ1n) is 13.0. The van der Waals surface area contributed by atoms with Crippen LogP contribution in [-0.4, -0.2) is 84.7 Å². The Morgan fingerprint density at radius 2 is 1.37 bits per heavy atom. The van der Waals surface area contributed by atoms with Gasteiger partial charge in [-0.2, -0.15) is 0 Å². The van der Waals surface area contributed by atoms with Crippen LogP contribution in [0, 0.1) is 0 Å². The summed E-state index contributed by atoms with van der Waals surface area (Å²) in [6.45, 7) is 5.11. The molecule has 1 aromatic rings. The summed E-state index contributed by atoms with van der Waals surface area (Å²) in [5, 5.41) is 0. The fraction of sp³-hybridized carbons (Fsp3) is 0.536. The van der Waals surface area contributed by atoms with Crippen LogP contribution in [-0.2, 0) is 78.1 Å². The highest BCUT2D eigenvalue weighted by Gasteiger charge is 2.61. The summed E-state index contributed by atoms with van der Waals surface area (Å²) in [4.78, 5) is 86.0. The molecule has 236 valence electrons. The first kappa shape index (κ1) is 34.7. The van der Waals surface area contributed by atoms with E-state index in [4.69, 9.17) is 37.9 Å². The van der Waals surface area contributed by atoms with Crippen LogP contribution in [0.5, 0.6) is 0 Å². The van der Waals surface area contributed by atoms with Crippen LogP contribution < -0.4 is 0 Å². The molecule has 0 unspecified atom stereocenters. The zero-order valence-electron chi connectivity index (χ0n) is 24.5. The molecule has 1 saturated heterocycles. The van der Waals surface area contributed by atoms with Crippen molar-refractivity contribution in [2.24, 2.45) is 0 Å². The second kappa shape index (κ2) is 15.6. The van der Waals surface area contributed by atoms with Crippen LogP contribution in [0.1, 0.15) is 53.5 Å². The van der Waals surface area contributed by atoms with Gasteiger partial charge in [-0.1, -0.05) is 30.3 Å². The standard InChI is InChI=1S/C28H34O15/c1-15(29)36-14-23(39-17(3)31)25(41-19(5)33)26-24(40-18(4)32)22(38-16(2)30)12-28(43-26,42-20(6)34)27(35)37-13-21-10-8-7-9-11-21/h7-11,22-26H,12-14H2,1-6H3/t22-,23+,24+,25+,26+,28-/m0/s1. The molecule has 0 spiro atoms. The van der Waals surface area contributed by atoms with E-state index in [0.717, 1.165) is 41.5 Å². The highest BCUT2D eigenvalue weighted by Crippen LogP contribution is 2.38. The first-order chi connectivity index (χ1) is 20.1. The number of benzene rings is 1. The van der Waals surface area contributed by atoms with Gasteiger partial charge in [0.1, 0.15) is 25.4 Å². The number of hydrogen-bond donors (Lipinski definition) is 0. The van der Waals surface area contributed by atoms with Crippen molar-refractivity contribution >= 4 is 41.8 Å². The second-order valence-corrected chi connectivity index (χ2v) is 9.44. The molecule has 0 bridgehead atoms. The van der Waals surface area contributed by atoms with Gasteiger partial charge in [-0.15, -0.1) is 0 Å². The predicted octanol–water partition coefficient (Wildman–Crippen LogP) is 1.07. The molecule has 15 heteroatoms. The molecule has 1 aliphatic heterocycles. The SMILES string of the molecule is CC(=O)OC[C@@H](OC(C)=O)[C@@H](OC(C)=O)[C@@H]1O[C@](OC(C)=O)(C(=O)OCc2ccccc2)C[C@H](OC(C)=O)[C@H]1OC(C)=O. The Kier molecular flexibility index (Phi) is 12.6. The van der Waals surface area contributed by atoms with Gasteiger partial charge in [0.25, 0.3) is 0 Å². The van der Waals surface area contributed by atoms with Gasteiger partial charge in [0.15, 0.2) is 18.3 Å². The Morgan fingerprint density at radius 3 is 1.88 bits per heavy atom. The van der Waals surface area contributed by atoms with Crippen LogP contribution in [0.3, 0.4) is 0 Å². The van der Waals surface area contributed by atoms with Crippen LogP contribution in [0.15, 0.2) is 30.3 Å². The fourth-order valence-corrected chi connectivity index (χ4v) is 4.30. The number of hydrogen-bond acceptors (Lipinski definition) is 15. The van der Waals surface area contributed by atoms with Crippen molar-refractivity contribution in [1.82, 2.24) is 0 Å². The Morgan fingerprint density at radius 1 is 0.767 bits per heavy atom. The minimum Gasteiger partial charge on any atom is -0.462 e. The molecule has 6 atom stereocenters. The molecule has 2 rings (SSSR count). The van der Waals surface area contributed by atoms with E-state index < -0.39 is 91.1 Å². The lowest BCUT2D eigenvalue weighted by molar-refractivity contribution is -0.322. The molecule has 1 fully saturated rings. The van der Waals surface area contributed by atoms with Crippen molar-refractivity contribution in [1.29, 1.82) is 0 Å². The maximum absolute atomic E-state index is 13.6. The Bertz CT molecular complexity index is 1200. The van der Waals surface area contributed by atoms with E-state index in [2.05, 4.69) is 0 Å². The van der Waals surface area contributed by atoms with E-state index in [-0.39, 0.29) is 6.61 Å². The molecular formula is C28H34O15. The lowest BCUT2D eigenvalue weighted by Crippen LogP contribution is -2.66. The summed E-state index contributed by atoms with van der Waals surface area (Å²) in [5.41, 5.74) is 0.560. The highest BCUT2D eigenvalue weighted by atomic mass is 16.8.